The summed E-state index contributed by atoms with van der Waals surface area (Å²) in [5.74, 6) is 0.770. The topological polar surface area (TPSA) is 3.24 Å². The first-order valence-corrected chi connectivity index (χ1v) is 5.01. The van der Waals surface area contributed by atoms with Crippen LogP contribution in [0.25, 0.3) is 0 Å². The molecular weight excluding hydrogens is 158 g/mol. The number of rotatable bonds is 1. The lowest BCUT2D eigenvalue weighted by atomic mass is 9.94. The zero-order valence-corrected chi connectivity index (χ0v) is 8.46. The summed E-state index contributed by atoms with van der Waals surface area (Å²) in [6, 6.07) is 8.77. The number of hydrogen-bond donors (Lipinski definition) is 0. The Labute approximate surface area is 80.4 Å². The molecule has 0 radical (unpaired) electrons. The van der Waals surface area contributed by atoms with Gasteiger partial charge in [0.2, 0.25) is 0 Å². The summed E-state index contributed by atoms with van der Waals surface area (Å²) < 4.78 is 0. The molecule has 1 unspecified atom stereocenters. The molecule has 0 N–H and O–H groups in total. The van der Waals surface area contributed by atoms with E-state index in [9.17, 15) is 0 Å². The third-order valence-electron chi connectivity index (χ3n) is 3.02. The standard InChI is InChI=1S/C12H17N/c1-10-5-3-4-6-12(10)11-7-8-13(2)9-11/h3-6,11H,7-9H2,1-2H3. The van der Waals surface area contributed by atoms with Crippen molar-refractivity contribution in [1.82, 2.24) is 4.90 Å². The van der Waals surface area contributed by atoms with Crippen molar-refractivity contribution in [2.75, 3.05) is 20.1 Å². The summed E-state index contributed by atoms with van der Waals surface area (Å²) in [6.45, 7) is 4.69. The Kier molecular flexibility index (Phi) is 2.36. The SMILES string of the molecule is Cc1ccccc1C1CCN(C)C1. The zero-order chi connectivity index (χ0) is 9.26. The average Bonchev–Trinajstić information content (AvgIpc) is 2.53. The average molecular weight is 175 g/mol. The minimum absolute atomic E-state index is 0.770. The van der Waals surface area contributed by atoms with Gasteiger partial charge < -0.3 is 4.90 Å². The third kappa shape index (κ3) is 1.75. The van der Waals surface area contributed by atoms with Crippen molar-refractivity contribution in [2.24, 2.45) is 0 Å². The molecule has 0 aliphatic carbocycles. The van der Waals surface area contributed by atoms with Gasteiger partial charge in [-0.2, -0.15) is 0 Å². The molecule has 0 amide bonds. The maximum atomic E-state index is 2.41. The van der Waals surface area contributed by atoms with Crippen LogP contribution < -0.4 is 0 Å². The monoisotopic (exact) mass is 175 g/mol. The molecule has 1 atom stereocenters. The van der Waals surface area contributed by atoms with E-state index >= 15 is 0 Å². The van der Waals surface area contributed by atoms with Crippen LogP contribution in [0.2, 0.25) is 0 Å². The van der Waals surface area contributed by atoms with Gasteiger partial charge in [0.1, 0.15) is 0 Å². The molecule has 1 aromatic carbocycles. The fourth-order valence-electron chi connectivity index (χ4n) is 2.23. The molecule has 0 saturated carbocycles. The number of likely N-dealkylation sites (tertiary alicyclic amines) is 1. The Morgan fingerprint density at radius 3 is 2.69 bits per heavy atom. The van der Waals surface area contributed by atoms with E-state index in [2.05, 4.69) is 43.1 Å². The highest BCUT2D eigenvalue weighted by atomic mass is 15.1. The Balaban J connectivity index is 2.21. The molecule has 1 aliphatic rings. The maximum Gasteiger partial charge on any atom is 0.00478 e. The van der Waals surface area contributed by atoms with Crippen LogP contribution in [0.1, 0.15) is 23.5 Å². The van der Waals surface area contributed by atoms with E-state index in [1.54, 1.807) is 5.56 Å². The first kappa shape index (κ1) is 8.76. The van der Waals surface area contributed by atoms with E-state index in [1.807, 2.05) is 0 Å². The van der Waals surface area contributed by atoms with Crippen LogP contribution >= 0.6 is 0 Å². The van der Waals surface area contributed by atoms with Crippen LogP contribution in [0.3, 0.4) is 0 Å². The summed E-state index contributed by atoms with van der Waals surface area (Å²) in [5, 5.41) is 0. The zero-order valence-electron chi connectivity index (χ0n) is 8.46. The van der Waals surface area contributed by atoms with Gasteiger partial charge in [-0.25, -0.2) is 0 Å². The Morgan fingerprint density at radius 2 is 2.08 bits per heavy atom. The van der Waals surface area contributed by atoms with Crippen LogP contribution in [0.5, 0.6) is 0 Å². The molecule has 0 aromatic heterocycles. The normalized spacial score (nSPS) is 23.7. The van der Waals surface area contributed by atoms with Crippen LogP contribution in [-0.2, 0) is 0 Å². The highest BCUT2D eigenvalue weighted by Gasteiger charge is 2.21. The lowest BCUT2D eigenvalue weighted by molar-refractivity contribution is 0.411. The number of benzene rings is 1. The van der Waals surface area contributed by atoms with Crippen molar-refractivity contribution in [1.29, 1.82) is 0 Å². The molecular formula is C12H17N. The van der Waals surface area contributed by atoms with E-state index in [0.717, 1.165) is 5.92 Å². The Bertz CT molecular complexity index is 293. The van der Waals surface area contributed by atoms with Crippen molar-refractivity contribution in [3.63, 3.8) is 0 Å². The smallest absolute Gasteiger partial charge is 0.00478 e. The number of nitrogens with zero attached hydrogens (tertiary/aromatic N) is 1. The van der Waals surface area contributed by atoms with Gasteiger partial charge in [-0.15, -0.1) is 0 Å². The number of hydrogen-bond acceptors (Lipinski definition) is 1. The molecule has 1 nitrogen and oxygen atoms in total. The van der Waals surface area contributed by atoms with Gasteiger partial charge in [0.05, 0.1) is 0 Å². The van der Waals surface area contributed by atoms with Gasteiger partial charge >= 0.3 is 0 Å². The summed E-state index contributed by atoms with van der Waals surface area (Å²) in [7, 11) is 2.21. The molecule has 1 heterocycles. The van der Waals surface area contributed by atoms with E-state index in [-0.39, 0.29) is 0 Å². The van der Waals surface area contributed by atoms with Gasteiger partial charge in [-0.3, -0.25) is 0 Å². The predicted molar refractivity (Wildman–Crippen MR) is 56.0 cm³/mol. The van der Waals surface area contributed by atoms with Crippen LogP contribution in [0.15, 0.2) is 24.3 Å². The molecule has 1 heteroatoms. The summed E-state index contributed by atoms with van der Waals surface area (Å²) in [4.78, 5) is 2.41. The molecule has 1 saturated heterocycles. The van der Waals surface area contributed by atoms with Crippen LogP contribution in [0.4, 0.5) is 0 Å². The van der Waals surface area contributed by atoms with Crippen molar-refractivity contribution in [3.05, 3.63) is 35.4 Å². The second-order valence-corrected chi connectivity index (χ2v) is 4.10. The second kappa shape index (κ2) is 3.51. The molecule has 0 spiro atoms. The van der Waals surface area contributed by atoms with Crippen molar-refractivity contribution < 1.29 is 0 Å². The van der Waals surface area contributed by atoms with Gasteiger partial charge in [0, 0.05) is 6.54 Å². The van der Waals surface area contributed by atoms with E-state index < -0.39 is 0 Å². The fraction of sp³-hybridized carbons (Fsp3) is 0.500. The quantitative estimate of drug-likeness (QED) is 0.633. The number of likely N-dealkylation sites (N-methyl/N-ethyl adjacent to an activating group) is 1. The first-order chi connectivity index (χ1) is 6.27. The first-order valence-electron chi connectivity index (χ1n) is 5.01. The summed E-state index contributed by atoms with van der Waals surface area (Å²) in [5.41, 5.74) is 3.00. The van der Waals surface area contributed by atoms with Gasteiger partial charge in [0.15, 0.2) is 0 Å². The third-order valence-corrected chi connectivity index (χ3v) is 3.02. The Hall–Kier alpha value is -0.820. The van der Waals surface area contributed by atoms with Gasteiger partial charge in [-0.1, -0.05) is 24.3 Å². The molecule has 1 fully saturated rings. The molecule has 2 rings (SSSR count). The minimum Gasteiger partial charge on any atom is -0.306 e. The lowest BCUT2D eigenvalue weighted by Crippen LogP contribution is -2.13. The molecule has 70 valence electrons. The highest BCUT2D eigenvalue weighted by molar-refractivity contribution is 5.30. The molecule has 0 bridgehead atoms. The Morgan fingerprint density at radius 1 is 1.31 bits per heavy atom. The van der Waals surface area contributed by atoms with Crippen molar-refractivity contribution >= 4 is 0 Å². The minimum atomic E-state index is 0.770. The summed E-state index contributed by atoms with van der Waals surface area (Å²) in [6.07, 6.45) is 1.32. The van der Waals surface area contributed by atoms with Crippen LogP contribution in [0, 0.1) is 6.92 Å². The van der Waals surface area contributed by atoms with Crippen molar-refractivity contribution in [3.8, 4) is 0 Å². The largest absolute Gasteiger partial charge is 0.306 e. The van der Waals surface area contributed by atoms with E-state index in [0.29, 0.717) is 0 Å². The van der Waals surface area contributed by atoms with Crippen LogP contribution in [-0.4, -0.2) is 25.0 Å². The van der Waals surface area contributed by atoms with E-state index in [1.165, 1.54) is 25.1 Å². The van der Waals surface area contributed by atoms with Crippen molar-refractivity contribution in [2.45, 2.75) is 19.3 Å². The van der Waals surface area contributed by atoms with E-state index in [4.69, 9.17) is 0 Å². The lowest BCUT2D eigenvalue weighted by Gasteiger charge is -2.13. The van der Waals surface area contributed by atoms with Gasteiger partial charge in [0.25, 0.3) is 0 Å². The fourth-order valence-corrected chi connectivity index (χ4v) is 2.23. The number of aryl methyl sites for hydroxylation is 1. The van der Waals surface area contributed by atoms with Gasteiger partial charge in [-0.05, 0) is 44.0 Å². The molecule has 1 aromatic rings. The molecule has 13 heavy (non-hydrogen) atoms. The second-order valence-electron chi connectivity index (χ2n) is 4.10. The maximum absolute atomic E-state index is 2.41. The molecule has 1 aliphatic heterocycles. The summed E-state index contributed by atoms with van der Waals surface area (Å²) >= 11 is 0. The predicted octanol–water partition coefficient (Wildman–Crippen LogP) is 2.41. The highest BCUT2D eigenvalue weighted by Crippen LogP contribution is 2.28.